The highest BCUT2D eigenvalue weighted by Crippen LogP contribution is 2.27. The molecule has 3 nitrogen and oxygen atoms in total. The molecule has 1 aliphatic carbocycles. The van der Waals surface area contributed by atoms with Crippen LogP contribution in [-0.4, -0.2) is 12.1 Å². The van der Waals surface area contributed by atoms with Crippen molar-refractivity contribution in [3.63, 3.8) is 0 Å². The lowest BCUT2D eigenvalue weighted by Gasteiger charge is -2.19. The largest absolute Gasteiger partial charge is 0.380 e. The third-order valence-electron chi connectivity index (χ3n) is 3.01. The molecule has 1 aliphatic rings. The lowest BCUT2D eigenvalue weighted by Crippen LogP contribution is -2.35. The summed E-state index contributed by atoms with van der Waals surface area (Å²) >= 11 is 6.08. The third kappa shape index (κ3) is 2.29. The van der Waals surface area contributed by atoms with E-state index in [1.165, 1.54) is 0 Å². The van der Waals surface area contributed by atoms with Gasteiger partial charge in [0.25, 0.3) is 0 Å². The number of hydrogen-bond donors (Lipinski definition) is 2. The van der Waals surface area contributed by atoms with Crippen molar-refractivity contribution in [2.45, 2.75) is 31.3 Å². The Morgan fingerprint density at radius 1 is 1.44 bits per heavy atom. The van der Waals surface area contributed by atoms with Gasteiger partial charge in [-0.3, -0.25) is 0 Å². The number of anilines is 1. The molecule has 0 spiro atoms. The van der Waals surface area contributed by atoms with Crippen LogP contribution in [-0.2, 0) is 0 Å². The molecule has 1 fully saturated rings. The molecule has 84 valence electrons. The standard InChI is InChI=1S/C12H14ClN3/c13-9-6-8(7-14)4-5-11(9)16-12-3-1-2-10(12)15/h4-6,10,12,16H,1-3,15H2. The Hall–Kier alpha value is -1.24. The van der Waals surface area contributed by atoms with Gasteiger partial charge in [-0.15, -0.1) is 0 Å². The zero-order valence-electron chi connectivity index (χ0n) is 8.91. The van der Waals surface area contributed by atoms with Crippen LogP contribution < -0.4 is 11.1 Å². The van der Waals surface area contributed by atoms with Crippen molar-refractivity contribution in [3.05, 3.63) is 28.8 Å². The van der Waals surface area contributed by atoms with Crippen molar-refractivity contribution in [1.29, 1.82) is 5.26 Å². The van der Waals surface area contributed by atoms with Crippen LogP contribution in [0.3, 0.4) is 0 Å². The minimum Gasteiger partial charge on any atom is -0.380 e. The minimum absolute atomic E-state index is 0.201. The van der Waals surface area contributed by atoms with E-state index < -0.39 is 0 Å². The predicted molar refractivity (Wildman–Crippen MR) is 65.4 cm³/mol. The lowest BCUT2D eigenvalue weighted by atomic mass is 10.1. The van der Waals surface area contributed by atoms with E-state index >= 15 is 0 Å². The molecule has 16 heavy (non-hydrogen) atoms. The minimum atomic E-state index is 0.201. The monoisotopic (exact) mass is 235 g/mol. The van der Waals surface area contributed by atoms with Crippen molar-refractivity contribution in [2.75, 3.05) is 5.32 Å². The normalized spacial score (nSPS) is 24.1. The number of nitriles is 1. The van der Waals surface area contributed by atoms with Gasteiger partial charge in [0.2, 0.25) is 0 Å². The molecule has 2 rings (SSSR count). The first kappa shape index (κ1) is 11.3. The van der Waals surface area contributed by atoms with E-state index in [4.69, 9.17) is 22.6 Å². The van der Waals surface area contributed by atoms with E-state index in [1.54, 1.807) is 12.1 Å². The van der Waals surface area contributed by atoms with Gasteiger partial charge in [0, 0.05) is 12.1 Å². The van der Waals surface area contributed by atoms with Gasteiger partial charge in [-0.1, -0.05) is 11.6 Å². The van der Waals surface area contributed by atoms with Crippen LogP contribution in [0, 0.1) is 11.3 Å². The Morgan fingerprint density at radius 2 is 2.25 bits per heavy atom. The second kappa shape index (κ2) is 4.73. The summed E-state index contributed by atoms with van der Waals surface area (Å²) in [5.74, 6) is 0. The Balaban J connectivity index is 2.13. The first-order chi connectivity index (χ1) is 7.70. The molecule has 0 amide bonds. The zero-order valence-corrected chi connectivity index (χ0v) is 9.67. The summed E-state index contributed by atoms with van der Waals surface area (Å²) in [6.45, 7) is 0. The number of benzene rings is 1. The molecule has 0 radical (unpaired) electrons. The van der Waals surface area contributed by atoms with Crippen molar-refractivity contribution in [3.8, 4) is 6.07 Å². The molecule has 0 heterocycles. The van der Waals surface area contributed by atoms with Crippen molar-refractivity contribution in [1.82, 2.24) is 0 Å². The molecule has 1 aromatic rings. The number of nitrogens with one attached hydrogen (secondary N) is 1. The fourth-order valence-electron chi connectivity index (χ4n) is 2.07. The van der Waals surface area contributed by atoms with E-state index in [-0.39, 0.29) is 6.04 Å². The maximum absolute atomic E-state index is 8.73. The smallest absolute Gasteiger partial charge is 0.0992 e. The van der Waals surface area contributed by atoms with Gasteiger partial charge in [-0.2, -0.15) is 5.26 Å². The zero-order chi connectivity index (χ0) is 11.5. The summed E-state index contributed by atoms with van der Waals surface area (Å²) in [5, 5.41) is 12.7. The molecular formula is C12H14ClN3. The molecule has 0 saturated heterocycles. The van der Waals surface area contributed by atoms with E-state index in [2.05, 4.69) is 11.4 Å². The molecule has 1 aromatic carbocycles. The summed E-state index contributed by atoms with van der Waals surface area (Å²) in [6, 6.07) is 7.83. The average molecular weight is 236 g/mol. The van der Waals surface area contributed by atoms with Gasteiger partial charge in [-0.25, -0.2) is 0 Å². The molecule has 4 heteroatoms. The topological polar surface area (TPSA) is 61.8 Å². The first-order valence-corrected chi connectivity index (χ1v) is 5.80. The van der Waals surface area contributed by atoms with Gasteiger partial charge in [-0.05, 0) is 37.5 Å². The Bertz CT molecular complexity index is 425. The van der Waals surface area contributed by atoms with Crippen LogP contribution in [0.5, 0.6) is 0 Å². The average Bonchev–Trinajstić information content (AvgIpc) is 2.67. The number of nitrogens with zero attached hydrogens (tertiary/aromatic N) is 1. The molecule has 1 saturated carbocycles. The van der Waals surface area contributed by atoms with Gasteiger partial charge in [0.1, 0.15) is 0 Å². The summed E-state index contributed by atoms with van der Waals surface area (Å²) in [4.78, 5) is 0. The maximum atomic E-state index is 8.73. The Kier molecular flexibility index (Phi) is 3.33. The molecule has 3 N–H and O–H groups in total. The van der Waals surface area contributed by atoms with Crippen molar-refractivity contribution < 1.29 is 0 Å². The molecule has 0 aromatic heterocycles. The van der Waals surface area contributed by atoms with E-state index in [0.29, 0.717) is 16.6 Å². The Morgan fingerprint density at radius 3 is 2.81 bits per heavy atom. The highest BCUT2D eigenvalue weighted by atomic mass is 35.5. The number of rotatable bonds is 2. The van der Waals surface area contributed by atoms with Gasteiger partial charge < -0.3 is 11.1 Å². The van der Waals surface area contributed by atoms with Gasteiger partial charge in [0.15, 0.2) is 0 Å². The third-order valence-corrected chi connectivity index (χ3v) is 3.32. The summed E-state index contributed by atoms with van der Waals surface area (Å²) in [7, 11) is 0. The van der Waals surface area contributed by atoms with Crippen LogP contribution in [0.2, 0.25) is 5.02 Å². The quantitative estimate of drug-likeness (QED) is 0.828. The molecule has 0 aliphatic heterocycles. The molecule has 0 bridgehead atoms. The summed E-state index contributed by atoms with van der Waals surface area (Å²) in [5.41, 5.74) is 7.41. The number of hydrogen-bond acceptors (Lipinski definition) is 3. The molecular weight excluding hydrogens is 222 g/mol. The van der Waals surface area contributed by atoms with Crippen LogP contribution >= 0.6 is 11.6 Å². The molecule has 2 atom stereocenters. The highest BCUT2D eigenvalue weighted by Gasteiger charge is 2.23. The first-order valence-electron chi connectivity index (χ1n) is 5.42. The fraction of sp³-hybridized carbons (Fsp3) is 0.417. The maximum Gasteiger partial charge on any atom is 0.0992 e. The van der Waals surface area contributed by atoms with Crippen molar-refractivity contribution in [2.24, 2.45) is 5.73 Å². The van der Waals surface area contributed by atoms with Crippen LogP contribution in [0.4, 0.5) is 5.69 Å². The van der Waals surface area contributed by atoms with Gasteiger partial charge >= 0.3 is 0 Å². The second-order valence-corrected chi connectivity index (χ2v) is 4.56. The van der Waals surface area contributed by atoms with E-state index in [1.807, 2.05) is 6.07 Å². The SMILES string of the molecule is N#Cc1ccc(NC2CCCC2N)c(Cl)c1. The van der Waals surface area contributed by atoms with Crippen LogP contribution in [0.1, 0.15) is 24.8 Å². The summed E-state index contributed by atoms with van der Waals surface area (Å²) < 4.78 is 0. The second-order valence-electron chi connectivity index (χ2n) is 4.15. The Labute approximate surface area is 100 Å². The highest BCUT2D eigenvalue weighted by molar-refractivity contribution is 6.33. The molecule has 2 unspecified atom stereocenters. The number of nitrogens with two attached hydrogens (primary N) is 1. The predicted octanol–water partition coefficient (Wildman–Crippen LogP) is 2.50. The van der Waals surface area contributed by atoms with Crippen LogP contribution in [0.25, 0.3) is 0 Å². The lowest BCUT2D eigenvalue weighted by molar-refractivity contribution is 0.638. The van der Waals surface area contributed by atoms with E-state index in [0.717, 1.165) is 24.9 Å². The van der Waals surface area contributed by atoms with E-state index in [9.17, 15) is 0 Å². The van der Waals surface area contributed by atoms with Crippen LogP contribution in [0.15, 0.2) is 18.2 Å². The summed E-state index contributed by atoms with van der Waals surface area (Å²) in [6.07, 6.45) is 3.30. The van der Waals surface area contributed by atoms with Crippen molar-refractivity contribution >= 4 is 17.3 Å². The number of halogens is 1. The van der Waals surface area contributed by atoms with Gasteiger partial charge in [0.05, 0.1) is 22.3 Å². The fourth-order valence-corrected chi connectivity index (χ4v) is 2.30.